The van der Waals surface area contributed by atoms with Crippen molar-refractivity contribution in [3.63, 3.8) is 0 Å². The van der Waals surface area contributed by atoms with E-state index in [4.69, 9.17) is 4.74 Å². The summed E-state index contributed by atoms with van der Waals surface area (Å²) in [6.07, 6.45) is 4.81. The Bertz CT molecular complexity index is 681. The Morgan fingerprint density at radius 1 is 1.26 bits per heavy atom. The van der Waals surface area contributed by atoms with Gasteiger partial charge in [0.1, 0.15) is 0 Å². The number of aryl methyl sites for hydroxylation is 1. The average molecular weight is 338 g/mol. The van der Waals surface area contributed by atoms with Gasteiger partial charge in [0.05, 0.1) is 11.0 Å². The van der Waals surface area contributed by atoms with Crippen molar-refractivity contribution in [2.45, 2.75) is 49.5 Å². The van der Waals surface area contributed by atoms with Gasteiger partial charge in [0.15, 0.2) is 0 Å². The Kier molecular flexibility index (Phi) is 4.99. The highest BCUT2D eigenvalue weighted by Crippen LogP contribution is 2.25. The SMILES string of the molecule is O=C1CCCc2cc(S(=O)(=O)NCCC3CCCO3)ccc2N1. The van der Waals surface area contributed by atoms with Gasteiger partial charge in [0.2, 0.25) is 15.9 Å². The van der Waals surface area contributed by atoms with Gasteiger partial charge in [-0.1, -0.05) is 0 Å². The molecular formula is C16H22N2O4S. The molecule has 1 fully saturated rings. The highest BCUT2D eigenvalue weighted by molar-refractivity contribution is 7.89. The van der Waals surface area contributed by atoms with E-state index in [-0.39, 0.29) is 16.9 Å². The molecule has 0 spiro atoms. The van der Waals surface area contributed by atoms with Crippen LogP contribution in [0.3, 0.4) is 0 Å². The third-order valence-electron chi connectivity index (χ3n) is 4.29. The Hall–Kier alpha value is -1.44. The fraction of sp³-hybridized carbons (Fsp3) is 0.562. The zero-order valence-electron chi connectivity index (χ0n) is 13.0. The van der Waals surface area contributed by atoms with Crippen molar-refractivity contribution in [3.8, 4) is 0 Å². The molecule has 2 aliphatic rings. The number of carbonyl (C=O) groups excluding carboxylic acids is 1. The summed E-state index contributed by atoms with van der Waals surface area (Å²) in [6.45, 7) is 1.15. The van der Waals surface area contributed by atoms with Gasteiger partial charge in [-0.3, -0.25) is 4.79 Å². The van der Waals surface area contributed by atoms with Crippen molar-refractivity contribution < 1.29 is 17.9 Å². The molecule has 1 saturated heterocycles. The van der Waals surface area contributed by atoms with E-state index in [1.807, 2.05) is 0 Å². The van der Waals surface area contributed by atoms with Crippen molar-refractivity contribution in [2.24, 2.45) is 0 Å². The minimum atomic E-state index is -3.53. The summed E-state index contributed by atoms with van der Waals surface area (Å²) in [5.74, 6) is -0.0194. The van der Waals surface area contributed by atoms with Gasteiger partial charge in [-0.25, -0.2) is 13.1 Å². The number of benzene rings is 1. The molecule has 0 aromatic heterocycles. The molecule has 1 amide bonds. The van der Waals surface area contributed by atoms with E-state index in [0.717, 1.165) is 31.4 Å². The molecule has 1 unspecified atom stereocenters. The van der Waals surface area contributed by atoms with E-state index in [0.29, 0.717) is 31.5 Å². The summed E-state index contributed by atoms with van der Waals surface area (Å²) in [6, 6.07) is 4.88. The summed E-state index contributed by atoms with van der Waals surface area (Å²) < 4.78 is 32.9. The molecule has 6 nitrogen and oxygen atoms in total. The van der Waals surface area contributed by atoms with Crippen LogP contribution in [0, 0.1) is 0 Å². The molecule has 1 aromatic carbocycles. The van der Waals surface area contributed by atoms with E-state index in [9.17, 15) is 13.2 Å². The van der Waals surface area contributed by atoms with Gasteiger partial charge in [0.25, 0.3) is 0 Å². The molecular weight excluding hydrogens is 316 g/mol. The lowest BCUT2D eigenvalue weighted by molar-refractivity contribution is -0.116. The molecule has 7 heteroatoms. The van der Waals surface area contributed by atoms with E-state index in [1.54, 1.807) is 18.2 Å². The molecule has 1 atom stereocenters. The lowest BCUT2D eigenvalue weighted by Gasteiger charge is -2.12. The number of carbonyl (C=O) groups is 1. The maximum atomic E-state index is 12.4. The Labute approximate surface area is 136 Å². The quantitative estimate of drug-likeness (QED) is 0.857. The molecule has 3 rings (SSSR count). The summed E-state index contributed by atoms with van der Waals surface area (Å²) in [5.41, 5.74) is 1.59. The fourth-order valence-electron chi connectivity index (χ4n) is 3.03. The van der Waals surface area contributed by atoms with Gasteiger partial charge in [-0.15, -0.1) is 0 Å². The third-order valence-corrected chi connectivity index (χ3v) is 5.75. The van der Waals surface area contributed by atoms with Crippen LogP contribution in [-0.2, 0) is 26.0 Å². The number of sulfonamides is 1. The number of nitrogens with one attached hydrogen (secondary N) is 2. The first-order valence-corrected chi connectivity index (χ1v) is 9.57. The highest BCUT2D eigenvalue weighted by Gasteiger charge is 2.20. The molecule has 2 heterocycles. The number of hydrogen-bond donors (Lipinski definition) is 2. The first-order chi connectivity index (χ1) is 11.0. The van der Waals surface area contributed by atoms with E-state index >= 15 is 0 Å². The maximum absolute atomic E-state index is 12.4. The van der Waals surface area contributed by atoms with Gasteiger partial charge < -0.3 is 10.1 Å². The minimum Gasteiger partial charge on any atom is -0.378 e. The van der Waals surface area contributed by atoms with Gasteiger partial charge in [0, 0.05) is 25.3 Å². The van der Waals surface area contributed by atoms with Crippen molar-refractivity contribution in [1.82, 2.24) is 4.72 Å². The minimum absolute atomic E-state index is 0.0194. The van der Waals surface area contributed by atoms with E-state index < -0.39 is 10.0 Å². The van der Waals surface area contributed by atoms with Crippen LogP contribution >= 0.6 is 0 Å². The maximum Gasteiger partial charge on any atom is 0.240 e. The van der Waals surface area contributed by atoms with Crippen LogP contribution in [0.5, 0.6) is 0 Å². The average Bonchev–Trinajstić information content (AvgIpc) is 2.94. The summed E-state index contributed by atoms with van der Waals surface area (Å²) >= 11 is 0. The molecule has 2 N–H and O–H groups in total. The summed E-state index contributed by atoms with van der Waals surface area (Å²) in [7, 11) is -3.53. The van der Waals surface area contributed by atoms with Crippen molar-refractivity contribution in [3.05, 3.63) is 23.8 Å². The molecule has 2 aliphatic heterocycles. The standard InChI is InChI=1S/C16H22N2O4S/c19-16-5-1-3-12-11-14(6-7-15(12)18-16)23(20,21)17-9-8-13-4-2-10-22-13/h6-7,11,13,17H,1-5,8-10H2,(H,18,19). The second-order valence-corrected chi connectivity index (χ2v) is 7.81. The summed E-state index contributed by atoms with van der Waals surface area (Å²) in [5, 5.41) is 2.81. The number of amides is 1. The Morgan fingerprint density at radius 2 is 2.13 bits per heavy atom. The first-order valence-electron chi connectivity index (χ1n) is 8.09. The van der Waals surface area contributed by atoms with Crippen molar-refractivity contribution in [2.75, 3.05) is 18.5 Å². The fourth-order valence-corrected chi connectivity index (χ4v) is 4.13. The van der Waals surface area contributed by atoms with Gasteiger partial charge >= 0.3 is 0 Å². The Morgan fingerprint density at radius 3 is 2.91 bits per heavy atom. The third kappa shape index (κ3) is 4.10. The molecule has 0 radical (unpaired) electrons. The van der Waals surface area contributed by atoms with Crippen LogP contribution in [0.25, 0.3) is 0 Å². The number of hydrogen-bond acceptors (Lipinski definition) is 4. The zero-order chi connectivity index (χ0) is 16.3. The second-order valence-electron chi connectivity index (χ2n) is 6.04. The van der Waals surface area contributed by atoms with Gasteiger partial charge in [-0.05, 0) is 55.9 Å². The normalized spacial score (nSPS) is 21.6. The largest absolute Gasteiger partial charge is 0.378 e. The number of fused-ring (bicyclic) bond motifs is 1. The van der Waals surface area contributed by atoms with Crippen molar-refractivity contribution in [1.29, 1.82) is 0 Å². The topological polar surface area (TPSA) is 84.5 Å². The summed E-state index contributed by atoms with van der Waals surface area (Å²) in [4.78, 5) is 11.8. The van der Waals surface area contributed by atoms with Crippen LogP contribution in [-0.4, -0.2) is 33.6 Å². The van der Waals surface area contributed by atoms with Crippen LogP contribution in [0.15, 0.2) is 23.1 Å². The van der Waals surface area contributed by atoms with Crippen LogP contribution < -0.4 is 10.0 Å². The van der Waals surface area contributed by atoms with Crippen LogP contribution in [0.2, 0.25) is 0 Å². The molecule has 0 bridgehead atoms. The first kappa shape index (κ1) is 16.4. The lowest BCUT2D eigenvalue weighted by atomic mass is 10.1. The smallest absolute Gasteiger partial charge is 0.240 e. The molecule has 0 aliphatic carbocycles. The Balaban J connectivity index is 1.67. The zero-order valence-corrected chi connectivity index (χ0v) is 13.8. The highest BCUT2D eigenvalue weighted by atomic mass is 32.2. The van der Waals surface area contributed by atoms with E-state index in [2.05, 4.69) is 10.0 Å². The molecule has 126 valence electrons. The van der Waals surface area contributed by atoms with E-state index in [1.165, 1.54) is 0 Å². The number of anilines is 1. The molecule has 23 heavy (non-hydrogen) atoms. The number of rotatable bonds is 5. The molecule has 1 aromatic rings. The lowest BCUT2D eigenvalue weighted by Crippen LogP contribution is -2.27. The van der Waals surface area contributed by atoms with Crippen LogP contribution in [0.4, 0.5) is 5.69 Å². The molecule has 0 saturated carbocycles. The van der Waals surface area contributed by atoms with Crippen LogP contribution in [0.1, 0.15) is 37.7 Å². The van der Waals surface area contributed by atoms with Gasteiger partial charge in [-0.2, -0.15) is 0 Å². The second kappa shape index (κ2) is 6.98. The monoisotopic (exact) mass is 338 g/mol. The predicted molar refractivity (Wildman–Crippen MR) is 86.8 cm³/mol. The van der Waals surface area contributed by atoms with Crippen molar-refractivity contribution >= 4 is 21.6 Å². The predicted octanol–water partition coefficient (Wildman–Crippen LogP) is 1.81. The number of ether oxygens (including phenoxy) is 1.